The molecule has 0 saturated carbocycles. The molecule has 1 aromatic carbocycles. The highest BCUT2D eigenvalue weighted by Crippen LogP contribution is 2.35. The number of aromatic nitrogens is 4. The fourth-order valence-electron chi connectivity index (χ4n) is 3.34. The van der Waals surface area contributed by atoms with Gasteiger partial charge >= 0.3 is 0 Å². The molecule has 1 aliphatic rings. The van der Waals surface area contributed by atoms with Crippen molar-refractivity contribution in [1.29, 1.82) is 0 Å². The molecular weight excluding hydrogens is 302 g/mol. The van der Waals surface area contributed by atoms with Crippen LogP contribution >= 0.6 is 0 Å². The number of hydrogen-bond donors (Lipinski definition) is 0. The summed E-state index contributed by atoms with van der Waals surface area (Å²) in [5.41, 5.74) is 3.94. The van der Waals surface area contributed by atoms with Gasteiger partial charge in [-0.05, 0) is 43.9 Å². The van der Waals surface area contributed by atoms with E-state index in [9.17, 15) is 4.79 Å². The first-order chi connectivity index (χ1) is 11.5. The third-order valence-electron chi connectivity index (χ3n) is 4.60. The van der Waals surface area contributed by atoms with Gasteiger partial charge in [-0.15, -0.1) is 5.10 Å². The number of fused-ring (bicyclic) bond motifs is 2. The van der Waals surface area contributed by atoms with E-state index in [0.29, 0.717) is 18.2 Å². The standard InChI is InChI=1S/C18H19N5O/c1-11-8-9-22(15-7-5-4-6-14(11)15)17(24)16-20-18-19-12(2)10-13(3)23(18)21-16/h4-7,10-11H,8-9H2,1-3H3/t11-/m1/s1. The largest absolute Gasteiger partial charge is 0.305 e. The summed E-state index contributed by atoms with van der Waals surface area (Å²) in [5.74, 6) is 0.942. The van der Waals surface area contributed by atoms with Crippen molar-refractivity contribution in [2.24, 2.45) is 0 Å². The Hall–Kier alpha value is -2.76. The third kappa shape index (κ3) is 2.26. The zero-order valence-electron chi connectivity index (χ0n) is 14.0. The lowest BCUT2D eigenvalue weighted by Crippen LogP contribution is -2.37. The normalized spacial score (nSPS) is 17.1. The zero-order chi connectivity index (χ0) is 16.8. The van der Waals surface area contributed by atoms with Crippen molar-refractivity contribution >= 4 is 17.4 Å². The molecule has 24 heavy (non-hydrogen) atoms. The second-order valence-electron chi connectivity index (χ2n) is 6.39. The van der Waals surface area contributed by atoms with Gasteiger partial charge in [0, 0.05) is 23.6 Å². The van der Waals surface area contributed by atoms with E-state index in [1.54, 1.807) is 9.42 Å². The van der Waals surface area contributed by atoms with Crippen LogP contribution in [-0.2, 0) is 0 Å². The van der Waals surface area contributed by atoms with Crippen molar-refractivity contribution in [2.45, 2.75) is 33.1 Å². The van der Waals surface area contributed by atoms with Crippen molar-refractivity contribution in [2.75, 3.05) is 11.4 Å². The summed E-state index contributed by atoms with van der Waals surface area (Å²) in [7, 11) is 0. The fourth-order valence-corrected chi connectivity index (χ4v) is 3.34. The average molecular weight is 321 g/mol. The Bertz CT molecular complexity index is 946. The summed E-state index contributed by atoms with van der Waals surface area (Å²) in [6.07, 6.45) is 0.937. The minimum absolute atomic E-state index is 0.170. The lowest BCUT2D eigenvalue weighted by Gasteiger charge is -2.32. The molecule has 0 spiro atoms. The smallest absolute Gasteiger partial charge is 0.298 e. The molecule has 0 fully saturated rings. The van der Waals surface area contributed by atoms with Crippen molar-refractivity contribution in [1.82, 2.24) is 19.6 Å². The molecule has 0 unspecified atom stereocenters. The number of para-hydroxylation sites is 1. The molecule has 6 heteroatoms. The predicted molar refractivity (Wildman–Crippen MR) is 91.4 cm³/mol. The first-order valence-corrected chi connectivity index (χ1v) is 8.16. The number of hydrogen-bond acceptors (Lipinski definition) is 4. The van der Waals surface area contributed by atoms with Gasteiger partial charge in [0.25, 0.3) is 11.7 Å². The van der Waals surface area contributed by atoms with Gasteiger partial charge < -0.3 is 4.90 Å². The van der Waals surface area contributed by atoms with Gasteiger partial charge in [0.15, 0.2) is 0 Å². The van der Waals surface area contributed by atoms with Crippen molar-refractivity contribution in [3.8, 4) is 0 Å². The zero-order valence-corrected chi connectivity index (χ0v) is 14.0. The van der Waals surface area contributed by atoms with E-state index in [0.717, 1.165) is 23.5 Å². The van der Waals surface area contributed by atoms with Crippen LogP contribution in [0.3, 0.4) is 0 Å². The van der Waals surface area contributed by atoms with E-state index in [-0.39, 0.29) is 11.7 Å². The lowest BCUT2D eigenvalue weighted by molar-refractivity contribution is 0.0974. The first-order valence-electron chi connectivity index (χ1n) is 8.16. The monoisotopic (exact) mass is 321 g/mol. The number of carbonyl (C=O) groups is 1. The summed E-state index contributed by atoms with van der Waals surface area (Å²) < 4.78 is 1.62. The summed E-state index contributed by atoms with van der Waals surface area (Å²) in [6, 6.07) is 9.98. The third-order valence-corrected chi connectivity index (χ3v) is 4.60. The van der Waals surface area contributed by atoms with Gasteiger partial charge in [-0.2, -0.15) is 4.98 Å². The fraction of sp³-hybridized carbons (Fsp3) is 0.333. The molecule has 1 amide bonds. The Morgan fingerprint density at radius 1 is 1.21 bits per heavy atom. The van der Waals surface area contributed by atoms with Gasteiger partial charge in [-0.25, -0.2) is 9.50 Å². The Labute approximate surface area is 140 Å². The number of rotatable bonds is 1. The van der Waals surface area contributed by atoms with Gasteiger partial charge in [0.1, 0.15) is 0 Å². The summed E-state index contributed by atoms with van der Waals surface area (Å²) in [4.78, 5) is 23.5. The summed E-state index contributed by atoms with van der Waals surface area (Å²) >= 11 is 0. The van der Waals surface area contributed by atoms with Crippen LogP contribution in [0.4, 0.5) is 5.69 Å². The minimum atomic E-state index is -0.170. The Kier molecular flexibility index (Phi) is 3.33. The number of nitrogens with zero attached hydrogens (tertiary/aromatic N) is 5. The van der Waals surface area contributed by atoms with Crippen molar-refractivity contribution < 1.29 is 4.79 Å². The van der Waals surface area contributed by atoms with Crippen molar-refractivity contribution in [3.05, 3.63) is 53.1 Å². The molecule has 6 nitrogen and oxygen atoms in total. The molecule has 2 aromatic heterocycles. The highest BCUT2D eigenvalue weighted by molar-refractivity contribution is 6.04. The molecule has 0 bridgehead atoms. The molecule has 3 aromatic rings. The van der Waals surface area contributed by atoms with E-state index in [4.69, 9.17) is 0 Å². The van der Waals surface area contributed by atoms with Gasteiger partial charge in [0.05, 0.1) is 0 Å². The van der Waals surface area contributed by atoms with E-state index in [2.05, 4.69) is 28.1 Å². The number of anilines is 1. The molecule has 0 radical (unpaired) electrons. The highest BCUT2D eigenvalue weighted by Gasteiger charge is 2.29. The predicted octanol–water partition coefficient (Wildman–Crippen LogP) is 2.90. The Balaban J connectivity index is 1.77. The van der Waals surface area contributed by atoms with E-state index in [1.165, 1.54) is 5.56 Å². The molecule has 122 valence electrons. The van der Waals surface area contributed by atoms with Crippen LogP contribution in [0.25, 0.3) is 5.78 Å². The van der Waals surface area contributed by atoms with E-state index in [1.807, 2.05) is 38.1 Å². The Morgan fingerprint density at radius 3 is 2.83 bits per heavy atom. The van der Waals surface area contributed by atoms with Crippen LogP contribution in [-0.4, -0.2) is 32.0 Å². The van der Waals surface area contributed by atoms with Crippen molar-refractivity contribution in [3.63, 3.8) is 0 Å². The minimum Gasteiger partial charge on any atom is -0.305 e. The highest BCUT2D eigenvalue weighted by atomic mass is 16.2. The van der Waals surface area contributed by atoms with E-state index >= 15 is 0 Å². The van der Waals surface area contributed by atoms with Crippen LogP contribution in [0.5, 0.6) is 0 Å². The van der Waals surface area contributed by atoms with Crippen LogP contribution in [0, 0.1) is 13.8 Å². The van der Waals surface area contributed by atoms with Gasteiger partial charge in [-0.3, -0.25) is 4.79 Å². The first kappa shape index (κ1) is 14.8. The molecule has 4 rings (SSSR count). The van der Waals surface area contributed by atoms with Gasteiger partial charge in [0.2, 0.25) is 5.82 Å². The second kappa shape index (κ2) is 5.40. The molecule has 0 aliphatic carbocycles. The maximum absolute atomic E-state index is 13.0. The molecule has 1 aliphatic heterocycles. The molecule has 0 saturated heterocycles. The SMILES string of the molecule is Cc1cc(C)n2nc(C(=O)N3CC[C@@H](C)c4ccccc43)nc2n1. The van der Waals surface area contributed by atoms with Crippen LogP contribution in [0.1, 0.15) is 46.8 Å². The van der Waals surface area contributed by atoms with Crippen LogP contribution < -0.4 is 4.90 Å². The summed E-state index contributed by atoms with van der Waals surface area (Å²) in [5, 5.41) is 4.37. The van der Waals surface area contributed by atoms with Crippen LogP contribution in [0.2, 0.25) is 0 Å². The number of carbonyl (C=O) groups excluding carboxylic acids is 1. The number of amides is 1. The van der Waals surface area contributed by atoms with Crippen LogP contribution in [0.15, 0.2) is 30.3 Å². The molecule has 1 atom stereocenters. The summed E-state index contributed by atoms with van der Waals surface area (Å²) in [6.45, 7) is 6.71. The molecule has 0 N–H and O–H groups in total. The number of benzene rings is 1. The second-order valence-corrected chi connectivity index (χ2v) is 6.39. The number of aryl methyl sites for hydroxylation is 2. The maximum atomic E-state index is 13.0. The van der Waals surface area contributed by atoms with E-state index < -0.39 is 0 Å². The molecule has 3 heterocycles. The average Bonchev–Trinajstić information content (AvgIpc) is 2.99. The quantitative estimate of drug-likeness (QED) is 0.691. The topological polar surface area (TPSA) is 63.4 Å². The molecular formula is C18H19N5O. The Morgan fingerprint density at radius 2 is 2.00 bits per heavy atom. The maximum Gasteiger partial charge on any atom is 0.298 e. The lowest BCUT2D eigenvalue weighted by atomic mass is 9.91. The van der Waals surface area contributed by atoms with Gasteiger partial charge in [-0.1, -0.05) is 25.1 Å².